The quantitative estimate of drug-likeness (QED) is 0.602. The van der Waals surface area contributed by atoms with E-state index >= 15 is 0 Å². The molecular weight excluding hydrogens is 407 g/mol. The van der Waals surface area contributed by atoms with Crippen molar-refractivity contribution in [3.05, 3.63) is 29.6 Å². The van der Waals surface area contributed by atoms with E-state index in [2.05, 4.69) is 10.0 Å². The highest BCUT2D eigenvalue weighted by atomic mass is 32.2. The van der Waals surface area contributed by atoms with Gasteiger partial charge in [-0.25, -0.2) is 9.18 Å². The van der Waals surface area contributed by atoms with E-state index in [9.17, 15) is 13.7 Å². The van der Waals surface area contributed by atoms with E-state index in [0.29, 0.717) is 23.8 Å². The number of carbonyl (C=O) groups is 1. The van der Waals surface area contributed by atoms with E-state index in [1.54, 1.807) is 6.07 Å². The number of benzene rings is 1. The summed E-state index contributed by atoms with van der Waals surface area (Å²) in [6, 6.07) is 4.13. The Balaban J connectivity index is 1.87. The summed E-state index contributed by atoms with van der Waals surface area (Å²) in [5.41, 5.74) is 0.117. The van der Waals surface area contributed by atoms with Crippen molar-refractivity contribution in [1.29, 1.82) is 0 Å². The van der Waals surface area contributed by atoms with Gasteiger partial charge in [0.15, 0.2) is 0 Å². The highest BCUT2D eigenvalue weighted by Gasteiger charge is 2.33. The largest absolute Gasteiger partial charge is 0.598 e. The molecule has 0 spiro atoms. The van der Waals surface area contributed by atoms with Crippen molar-refractivity contribution in [1.82, 2.24) is 10.0 Å². The topological polar surface area (TPSA) is 82.6 Å². The van der Waals surface area contributed by atoms with Gasteiger partial charge >= 0.3 is 6.09 Å². The smallest absolute Gasteiger partial charge is 0.407 e. The van der Waals surface area contributed by atoms with Gasteiger partial charge in [0.2, 0.25) is 0 Å². The summed E-state index contributed by atoms with van der Waals surface area (Å²) in [5.74, 6) is 0.512. The zero-order valence-corrected chi connectivity index (χ0v) is 19.8. The molecule has 6 nitrogen and oxygen atoms in total. The average molecular weight is 443 g/mol. The summed E-state index contributed by atoms with van der Waals surface area (Å²) < 4.78 is 40.1. The molecule has 170 valence electrons. The molecular formula is C22H35FN2O4S. The van der Waals surface area contributed by atoms with Crippen LogP contribution in [0.3, 0.4) is 0 Å². The van der Waals surface area contributed by atoms with Crippen molar-refractivity contribution in [3.63, 3.8) is 0 Å². The molecule has 30 heavy (non-hydrogen) atoms. The van der Waals surface area contributed by atoms with Crippen molar-refractivity contribution in [2.24, 2.45) is 5.92 Å². The lowest BCUT2D eigenvalue weighted by molar-refractivity contribution is 0.0428. The van der Waals surface area contributed by atoms with Crippen LogP contribution in [-0.2, 0) is 16.1 Å². The van der Waals surface area contributed by atoms with E-state index < -0.39 is 27.8 Å². The molecule has 0 unspecified atom stereocenters. The third-order valence-electron chi connectivity index (χ3n) is 4.71. The molecule has 1 aliphatic carbocycles. The van der Waals surface area contributed by atoms with Crippen LogP contribution in [0.5, 0.6) is 5.75 Å². The van der Waals surface area contributed by atoms with E-state index in [4.69, 9.17) is 9.47 Å². The van der Waals surface area contributed by atoms with Gasteiger partial charge in [-0.1, -0.05) is 0 Å². The Labute approximate surface area is 182 Å². The van der Waals surface area contributed by atoms with Crippen LogP contribution in [0.2, 0.25) is 0 Å². The Hall–Kier alpha value is -1.51. The van der Waals surface area contributed by atoms with Gasteiger partial charge in [-0.3, -0.25) is 0 Å². The molecule has 1 fully saturated rings. The predicted molar refractivity (Wildman–Crippen MR) is 117 cm³/mol. The zero-order chi connectivity index (χ0) is 22.7. The molecule has 1 amide bonds. The van der Waals surface area contributed by atoms with Gasteiger partial charge in [0.1, 0.15) is 21.9 Å². The fourth-order valence-electron chi connectivity index (χ4n) is 3.06. The molecule has 0 saturated heterocycles. The molecule has 0 radical (unpaired) electrons. The van der Waals surface area contributed by atoms with Crippen molar-refractivity contribution < 1.29 is 23.2 Å². The van der Waals surface area contributed by atoms with Crippen LogP contribution in [0, 0.1) is 11.7 Å². The van der Waals surface area contributed by atoms with Crippen LogP contribution in [0.25, 0.3) is 0 Å². The van der Waals surface area contributed by atoms with Gasteiger partial charge in [0.25, 0.3) is 0 Å². The lowest BCUT2D eigenvalue weighted by Gasteiger charge is -2.36. The Morgan fingerprint density at radius 3 is 2.47 bits per heavy atom. The molecule has 0 aliphatic heterocycles. The van der Waals surface area contributed by atoms with Crippen molar-refractivity contribution >= 4 is 17.5 Å². The number of nitrogens with one attached hydrogen (secondary N) is 2. The third-order valence-corrected chi connectivity index (χ3v) is 6.39. The van der Waals surface area contributed by atoms with Gasteiger partial charge in [0.05, 0.1) is 12.6 Å². The summed E-state index contributed by atoms with van der Waals surface area (Å²) in [6.07, 6.45) is 1.20. The maximum Gasteiger partial charge on any atom is 0.407 e. The monoisotopic (exact) mass is 442 g/mol. The van der Waals surface area contributed by atoms with Gasteiger partial charge in [-0.2, -0.15) is 0 Å². The summed E-state index contributed by atoms with van der Waals surface area (Å²) in [4.78, 5) is 11.8. The maximum absolute atomic E-state index is 13.8. The van der Waals surface area contributed by atoms with Crippen LogP contribution < -0.4 is 14.8 Å². The summed E-state index contributed by atoms with van der Waals surface area (Å²) in [6.45, 7) is 13.4. The number of halogens is 1. The number of hydrogen-bond donors (Lipinski definition) is 2. The normalized spacial score (nSPS) is 21.4. The summed E-state index contributed by atoms with van der Waals surface area (Å²) in [5, 5.41) is 2.86. The second-order valence-corrected chi connectivity index (χ2v) is 11.9. The molecule has 0 aromatic heterocycles. The number of carbonyl (C=O) groups excluding carboxylic acids is 1. The Morgan fingerprint density at radius 1 is 1.27 bits per heavy atom. The second-order valence-electron chi connectivity index (χ2n) is 9.89. The lowest BCUT2D eigenvalue weighted by atomic mass is 9.81. The number of hydrogen-bond acceptors (Lipinski definition) is 5. The van der Waals surface area contributed by atoms with Gasteiger partial charge in [0, 0.05) is 23.0 Å². The Kier molecular flexibility index (Phi) is 8.04. The standard InChI is InChI=1S/C22H35FN2O4S/c1-14(25-30(27)22(5,6)7)18-12-16(23)8-9-19(18)28-13-15-10-17(11-15)24-20(26)29-21(2,3)4/h8-9,12,14-15,17,25H,10-11,13H2,1-7H3,(H,24,26)/t14-,15?,17?,30-/m1/s1. The first-order valence-corrected chi connectivity index (χ1v) is 11.5. The first kappa shape index (κ1) is 24.8. The van der Waals surface area contributed by atoms with E-state index in [1.165, 1.54) is 12.1 Å². The first-order chi connectivity index (χ1) is 13.7. The molecule has 1 aliphatic rings. The van der Waals surface area contributed by atoms with Crippen LogP contribution in [-0.4, -0.2) is 33.6 Å². The molecule has 2 rings (SSSR count). The fraction of sp³-hybridized carbons (Fsp3) is 0.682. The van der Waals surface area contributed by atoms with E-state index in [1.807, 2.05) is 48.5 Å². The SMILES string of the molecule is C[C@@H](N[S@+]([O-])C(C)(C)C)c1cc(F)ccc1OCC1CC(NC(=O)OC(C)(C)C)C1. The second kappa shape index (κ2) is 9.75. The minimum absolute atomic E-state index is 0.0796. The fourth-order valence-corrected chi connectivity index (χ4v) is 3.86. The minimum atomic E-state index is -1.28. The average Bonchev–Trinajstić information content (AvgIpc) is 2.54. The van der Waals surface area contributed by atoms with Crippen LogP contribution in [0.4, 0.5) is 9.18 Å². The predicted octanol–water partition coefficient (Wildman–Crippen LogP) is 4.62. The Bertz CT molecular complexity index is 727. The van der Waals surface area contributed by atoms with Crippen molar-refractivity contribution in [2.45, 2.75) is 83.7 Å². The molecule has 2 atom stereocenters. The summed E-state index contributed by atoms with van der Waals surface area (Å²) in [7, 11) is 0. The zero-order valence-electron chi connectivity index (χ0n) is 19.0. The van der Waals surface area contributed by atoms with Gasteiger partial charge in [-0.15, -0.1) is 4.72 Å². The van der Waals surface area contributed by atoms with Crippen LogP contribution >= 0.6 is 0 Å². The van der Waals surface area contributed by atoms with Gasteiger partial charge < -0.3 is 19.3 Å². The van der Waals surface area contributed by atoms with E-state index in [-0.39, 0.29) is 17.9 Å². The molecule has 1 aromatic rings. The molecule has 0 heterocycles. The highest BCUT2D eigenvalue weighted by molar-refractivity contribution is 7.90. The highest BCUT2D eigenvalue weighted by Crippen LogP contribution is 2.32. The molecule has 1 aromatic carbocycles. The van der Waals surface area contributed by atoms with Crippen molar-refractivity contribution in [2.75, 3.05) is 6.61 Å². The summed E-state index contributed by atoms with van der Waals surface area (Å²) >= 11 is -1.28. The van der Waals surface area contributed by atoms with E-state index in [0.717, 1.165) is 12.8 Å². The van der Waals surface area contributed by atoms with Crippen LogP contribution in [0.15, 0.2) is 18.2 Å². The number of amides is 1. The van der Waals surface area contributed by atoms with Crippen LogP contribution in [0.1, 0.15) is 72.9 Å². The lowest BCUT2D eigenvalue weighted by Crippen LogP contribution is -2.47. The van der Waals surface area contributed by atoms with Crippen molar-refractivity contribution in [3.8, 4) is 5.75 Å². The third kappa shape index (κ3) is 7.63. The van der Waals surface area contributed by atoms with Gasteiger partial charge in [-0.05, 0) is 85.4 Å². The number of alkyl carbamates (subject to hydrolysis) is 1. The first-order valence-electron chi connectivity index (χ1n) is 10.3. The molecule has 8 heteroatoms. The number of ether oxygens (including phenoxy) is 2. The maximum atomic E-state index is 13.8. The number of rotatable bonds is 7. The minimum Gasteiger partial charge on any atom is -0.598 e. The molecule has 1 saturated carbocycles. The Morgan fingerprint density at radius 2 is 1.90 bits per heavy atom. The molecule has 2 N–H and O–H groups in total. The molecule has 0 bridgehead atoms.